The molecule has 148 valence electrons. The number of amides is 2. The number of aromatic hydroxyl groups is 1. The van der Waals surface area contributed by atoms with Gasteiger partial charge in [-0.05, 0) is 45.2 Å². The second-order valence-electron chi connectivity index (χ2n) is 7.50. The molecule has 0 bridgehead atoms. The fourth-order valence-electron chi connectivity index (χ4n) is 3.85. The molecule has 2 fully saturated rings. The Morgan fingerprint density at radius 1 is 1.33 bits per heavy atom. The lowest BCUT2D eigenvalue weighted by molar-refractivity contribution is -0.127. The number of rotatable bonds is 5. The van der Waals surface area contributed by atoms with Crippen LogP contribution in [0.25, 0.3) is 0 Å². The summed E-state index contributed by atoms with van der Waals surface area (Å²) >= 11 is 0. The molecule has 1 aromatic rings. The van der Waals surface area contributed by atoms with Crippen molar-refractivity contribution in [3.63, 3.8) is 0 Å². The van der Waals surface area contributed by atoms with Gasteiger partial charge in [0.2, 0.25) is 5.91 Å². The van der Waals surface area contributed by atoms with E-state index in [0.29, 0.717) is 26.2 Å². The summed E-state index contributed by atoms with van der Waals surface area (Å²) in [4.78, 5) is 31.4. The number of carbonyl (C=O) groups excluding carboxylic acids is 2. The molecule has 2 atom stereocenters. The molecule has 8 heteroatoms. The fourth-order valence-corrected chi connectivity index (χ4v) is 3.85. The lowest BCUT2D eigenvalue weighted by Gasteiger charge is -2.35. The molecule has 3 rings (SSSR count). The Morgan fingerprint density at radius 2 is 2.07 bits per heavy atom. The van der Waals surface area contributed by atoms with Crippen molar-refractivity contribution < 1.29 is 19.4 Å². The van der Waals surface area contributed by atoms with Crippen molar-refractivity contribution in [2.75, 3.05) is 19.8 Å². The third-order valence-electron chi connectivity index (χ3n) is 5.07. The number of likely N-dealkylation sites (tertiary alicyclic amines) is 1. The molecular weight excluding hydrogens is 348 g/mol. The van der Waals surface area contributed by atoms with Crippen molar-refractivity contribution in [3.05, 3.63) is 24.0 Å². The Labute approximate surface area is 159 Å². The molecule has 0 unspecified atom stereocenters. The van der Waals surface area contributed by atoms with Gasteiger partial charge in [-0.15, -0.1) is 0 Å². The van der Waals surface area contributed by atoms with E-state index in [-0.39, 0.29) is 41.5 Å². The predicted molar refractivity (Wildman–Crippen MR) is 99.4 cm³/mol. The summed E-state index contributed by atoms with van der Waals surface area (Å²) < 4.78 is 5.45. The van der Waals surface area contributed by atoms with Crippen LogP contribution in [0.4, 0.5) is 0 Å². The molecule has 3 N–H and O–H groups in total. The van der Waals surface area contributed by atoms with Gasteiger partial charge in [0.15, 0.2) is 5.69 Å². The summed E-state index contributed by atoms with van der Waals surface area (Å²) in [7, 11) is 0. The minimum Gasteiger partial charge on any atom is -0.505 e. The van der Waals surface area contributed by atoms with E-state index in [1.807, 2.05) is 13.8 Å². The number of hydrogen-bond donors (Lipinski definition) is 3. The highest BCUT2D eigenvalue weighted by molar-refractivity contribution is 5.95. The number of pyridine rings is 1. The molecule has 0 radical (unpaired) electrons. The quantitative estimate of drug-likeness (QED) is 0.698. The van der Waals surface area contributed by atoms with Crippen LogP contribution in [-0.4, -0.2) is 70.7 Å². The van der Waals surface area contributed by atoms with E-state index in [9.17, 15) is 14.7 Å². The van der Waals surface area contributed by atoms with Crippen LogP contribution < -0.4 is 10.6 Å². The highest BCUT2D eigenvalue weighted by Crippen LogP contribution is 2.26. The van der Waals surface area contributed by atoms with E-state index < -0.39 is 5.91 Å². The van der Waals surface area contributed by atoms with Crippen LogP contribution in [0.2, 0.25) is 0 Å². The van der Waals surface area contributed by atoms with Gasteiger partial charge in [0.1, 0.15) is 5.75 Å². The smallest absolute Gasteiger partial charge is 0.273 e. The molecule has 0 aliphatic carbocycles. The molecule has 0 spiro atoms. The van der Waals surface area contributed by atoms with E-state index in [2.05, 4.69) is 20.5 Å². The molecule has 8 nitrogen and oxygen atoms in total. The Morgan fingerprint density at radius 3 is 2.74 bits per heavy atom. The Kier molecular flexibility index (Phi) is 6.28. The summed E-state index contributed by atoms with van der Waals surface area (Å²) in [5.74, 6) is -0.577. The van der Waals surface area contributed by atoms with Gasteiger partial charge >= 0.3 is 0 Å². The van der Waals surface area contributed by atoms with Gasteiger partial charge < -0.3 is 20.5 Å². The van der Waals surface area contributed by atoms with Crippen LogP contribution in [0, 0.1) is 0 Å². The summed E-state index contributed by atoms with van der Waals surface area (Å²) in [6.07, 6.45) is 3.77. The fraction of sp³-hybridized carbons (Fsp3) is 0.632. The largest absolute Gasteiger partial charge is 0.505 e. The van der Waals surface area contributed by atoms with Crippen LogP contribution in [0.15, 0.2) is 18.3 Å². The first-order chi connectivity index (χ1) is 13.0. The molecule has 1 aromatic heterocycles. The van der Waals surface area contributed by atoms with Crippen molar-refractivity contribution in [1.29, 1.82) is 0 Å². The second kappa shape index (κ2) is 8.67. The molecule has 3 heterocycles. The van der Waals surface area contributed by atoms with Crippen molar-refractivity contribution >= 4 is 11.8 Å². The Bertz CT molecular complexity index is 675. The Balaban J connectivity index is 1.70. The zero-order valence-electron chi connectivity index (χ0n) is 15.9. The minimum absolute atomic E-state index is 0.00481. The van der Waals surface area contributed by atoms with Gasteiger partial charge in [0.05, 0.1) is 6.04 Å². The maximum Gasteiger partial charge on any atom is 0.273 e. The van der Waals surface area contributed by atoms with Crippen molar-refractivity contribution in [1.82, 2.24) is 20.5 Å². The highest BCUT2D eigenvalue weighted by atomic mass is 16.5. The predicted octanol–water partition coefficient (Wildman–Crippen LogP) is 0.664. The number of hydrogen-bond acceptors (Lipinski definition) is 6. The number of aromatic nitrogens is 1. The van der Waals surface area contributed by atoms with Gasteiger partial charge in [-0.2, -0.15) is 0 Å². The van der Waals surface area contributed by atoms with Crippen molar-refractivity contribution in [2.24, 2.45) is 0 Å². The lowest BCUT2D eigenvalue weighted by Crippen LogP contribution is -2.50. The summed E-state index contributed by atoms with van der Waals surface area (Å²) in [6.45, 7) is 5.86. The van der Waals surface area contributed by atoms with Crippen LogP contribution in [0.3, 0.4) is 0 Å². The number of carbonyl (C=O) groups is 2. The first kappa shape index (κ1) is 19.6. The maximum atomic E-state index is 12.7. The van der Waals surface area contributed by atoms with Gasteiger partial charge in [0.25, 0.3) is 5.91 Å². The van der Waals surface area contributed by atoms with E-state index in [1.165, 1.54) is 12.3 Å². The first-order valence-corrected chi connectivity index (χ1v) is 9.54. The molecule has 2 aliphatic rings. The van der Waals surface area contributed by atoms with Gasteiger partial charge in [-0.3, -0.25) is 14.5 Å². The third-order valence-corrected chi connectivity index (χ3v) is 5.07. The maximum absolute atomic E-state index is 12.7. The zero-order valence-corrected chi connectivity index (χ0v) is 15.9. The Hall–Kier alpha value is -2.19. The van der Waals surface area contributed by atoms with E-state index in [4.69, 9.17) is 4.74 Å². The zero-order chi connectivity index (χ0) is 19.4. The second-order valence-corrected chi connectivity index (χ2v) is 7.50. The minimum atomic E-state index is -0.421. The standard InChI is InChI=1S/C19H28N4O4/c1-12(2)21-18(25)15-10-13(11-23(15)14-5-8-27-9-6-14)22-19(26)17-16(24)4-3-7-20-17/h3-4,7,12-15,24H,5-6,8-11H2,1-2H3,(H,21,25)(H,22,26)/t13-,15+/m1/s1. The SMILES string of the molecule is CC(C)NC(=O)[C@@H]1C[C@@H](NC(=O)c2ncccc2O)CN1C1CCOCC1. The highest BCUT2D eigenvalue weighted by Gasteiger charge is 2.41. The van der Waals surface area contributed by atoms with E-state index in [0.717, 1.165) is 12.8 Å². The number of nitrogens with zero attached hydrogens (tertiary/aromatic N) is 2. The molecule has 2 amide bonds. The third kappa shape index (κ3) is 4.75. The molecule has 0 saturated carbocycles. The van der Waals surface area contributed by atoms with Crippen molar-refractivity contribution in [2.45, 2.75) is 57.3 Å². The summed E-state index contributed by atoms with van der Waals surface area (Å²) in [6, 6.07) is 2.88. The average molecular weight is 376 g/mol. The molecule has 27 heavy (non-hydrogen) atoms. The lowest BCUT2D eigenvalue weighted by atomic mass is 10.1. The van der Waals surface area contributed by atoms with Crippen molar-refractivity contribution in [3.8, 4) is 5.75 Å². The van der Waals surface area contributed by atoms with Crippen LogP contribution >= 0.6 is 0 Å². The van der Waals surface area contributed by atoms with Gasteiger partial charge in [0, 0.05) is 44.1 Å². The van der Waals surface area contributed by atoms with E-state index >= 15 is 0 Å². The molecule has 2 aliphatic heterocycles. The monoisotopic (exact) mass is 376 g/mol. The summed E-state index contributed by atoms with van der Waals surface area (Å²) in [5, 5.41) is 15.8. The summed E-state index contributed by atoms with van der Waals surface area (Å²) in [5.41, 5.74) is 0.00481. The topological polar surface area (TPSA) is 104 Å². The van der Waals surface area contributed by atoms with Gasteiger partial charge in [-0.1, -0.05) is 0 Å². The normalized spacial score (nSPS) is 24.1. The average Bonchev–Trinajstić information content (AvgIpc) is 3.06. The molecular formula is C19H28N4O4. The van der Waals surface area contributed by atoms with E-state index in [1.54, 1.807) is 6.07 Å². The molecule has 0 aromatic carbocycles. The van der Waals surface area contributed by atoms with Gasteiger partial charge in [-0.25, -0.2) is 4.98 Å². The van der Waals surface area contributed by atoms with Crippen LogP contribution in [0.1, 0.15) is 43.6 Å². The number of ether oxygens (including phenoxy) is 1. The molecule has 2 saturated heterocycles. The number of nitrogens with one attached hydrogen (secondary N) is 2. The van der Waals surface area contributed by atoms with Crippen LogP contribution in [0.5, 0.6) is 5.75 Å². The first-order valence-electron chi connectivity index (χ1n) is 9.54. The van der Waals surface area contributed by atoms with Crippen LogP contribution in [-0.2, 0) is 9.53 Å².